The van der Waals surface area contributed by atoms with Crippen LogP contribution < -0.4 is 10.9 Å². The van der Waals surface area contributed by atoms with Gasteiger partial charge in [0.25, 0.3) is 11.5 Å². The summed E-state index contributed by atoms with van der Waals surface area (Å²) in [5.74, 6) is 0.546. The van der Waals surface area contributed by atoms with E-state index in [1.807, 2.05) is 13.8 Å². The number of thiazole rings is 1. The van der Waals surface area contributed by atoms with Crippen LogP contribution in [0.15, 0.2) is 26.9 Å². The Morgan fingerprint density at radius 2 is 2.04 bits per heavy atom. The highest BCUT2D eigenvalue weighted by Gasteiger charge is 2.20. The third-order valence-electron chi connectivity index (χ3n) is 3.22. The number of carbonyl (C=O) groups is 1. The molecule has 0 aliphatic heterocycles. The van der Waals surface area contributed by atoms with Crippen molar-refractivity contribution in [2.45, 2.75) is 32.7 Å². The minimum absolute atomic E-state index is 0.114. The van der Waals surface area contributed by atoms with Crippen LogP contribution in [-0.4, -0.2) is 25.5 Å². The van der Waals surface area contributed by atoms with Crippen LogP contribution in [0.3, 0.4) is 0 Å². The van der Waals surface area contributed by atoms with Gasteiger partial charge in [0.05, 0.1) is 0 Å². The van der Waals surface area contributed by atoms with Gasteiger partial charge in [0.1, 0.15) is 11.7 Å². The lowest BCUT2D eigenvalue weighted by atomic mass is 10.2. The molecule has 0 fully saturated rings. The second kappa shape index (κ2) is 5.92. The van der Waals surface area contributed by atoms with Gasteiger partial charge >= 0.3 is 0 Å². The molecule has 8 nitrogen and oxygen atoms in total. The third-order valence-corrected chi connectivity index (χ3v) is 3.97. The fourth-order valence-corrected chi connectivity index (χ4v) is 2.73. The Bertz CT molecular complexity index is 910. The first-order valence-electron chi connectivity index (χ1n) is 7.06. The molecule has 120 valence electrons. The zero-order valence-corrected chi connectivity index (χ0v) is 13.6. The molecule has 0 aromatic carbocycles. The van der Waals surface area contributed by atoms with Crippen LogP contribution >= 0.6 is 11.3 Å². The van der Waals surface area contributed by atoms with Crippen molar-refractivity contribution in [1.29, 1.82) is 0 Å². The van der Waals surface area contributed by atoms with E-state index in [9.17, 15) is 9.59 Å². The number of nitrogens with zero attached hydrogens (tertiary/aromatic N) is 4. The Hall–Kier alpha value is -2.55. The molecule has 0 saturated heterocycles. The number of aromatic nitrogens is 4. The van der Waals surface area contributed by atoms with E-state index < -0.39 is 17.5 Å². The summed E-state index contributed by atoms with van der Waals surface area (Å²) in [7, 11) is 0. The Kier molecular flexibility index (Phi) is 3.95. The van der Waals surface area contributed by atoms with Crippen LogP contribution in [0, 0.1) is 0 Å². The number of amides is 1. The molecule has 0 aliphatic rings. The average molecular weight is 333 g/mol. The van der Waals surface area contributed by atoms with Crippen molar-refractivity contribution < 1.29 is 9.21 Å². The molecule has 0 saturated carbocycles. The Morgan fingerprint density at radius 3 is 2.74 bits per heavy atom. The number of nitrogens with one attached hydrogen (secondary N) is 1. The van der Waals surface area contributed by atoms with E-state index >= 15 is 0 Å². The SMILES string of the molecule is CC(C)c1nnc(C(C)NC(=O)c2cc(=O)nc3sccn23)o1. The summed E-state index contributed by atoms with van der Waals surface area (Å²) < 4.78 is 7.09. The van der Waals surface area contributed by atoms with Crippen molar-refractivity contribution in [3.05, 3.63) is 45.5 Å². The number of hydrogen-bond donors (Lipinski definition) is 1. The lowest BCUT2D eigenvalue weighted by Gasteiger charge is -2.10. The Labute approximate surface area is 135 Å². The molecule has 0 spiro atoms. The van der Waals surface area contributed by atoms with E-state index in [2.05, 4.69) is 20.5 Å². The van der Waals surface area contributed by atoms with Gasteiger partial charge in [0.2, 0.25) is 11.8 Å². The number of fused-ring (bicyclic) bond motifs is 1. The zero-order chi connectivity index (χ0) is 16.6. The molecule has 1 amide bonds. The molecule has 0 bridgehead atoms. The van der Waals surface area contributed by atoms with E-state index in [1.54, 1.807) is 22.9 Å². The zero-order valence-electron chi connectivity index (χ0n) is 12.8. The summed E-state index contributed by atoms with van der Waals surface area (Å²) in [6.45, 7) is 5.62. The van der Waals surface area contributed by atoms with Crippen LogP contribution in [0.1, 0.15) is 55.0 Å². The second-order valence-electron chi connectivity index (χ2n) is 5.36. The highest BCUT2D eigenvalue weighted by Crippen LogP contribution is 2.17. The van der Waals surface area contributed by atoms with Crippen molar-refractivity contribution in [3.63, 3.8) is 0 Å². The van der Waals surface area contributed by atoms with Gasteiger partial charge in [0, 0.05) is 23.6 Å². The number of carbonyl (C=O) groups excluding carboxylic acids is 1. The van der Waals surface area contributed by atoms with Gasteiger partial charge in [-0.3, -0.25) is 14.0 Å². The summed E-state index contributed by atoms with van der Waals surface area (Å²) in [5, 5.41) is 12.4. The largest absolute Gasteiger partial charge is 0.423 e. The van der Waals surface area contributed by atoms with Crippen molar-refractivity contribution in [2.75, 3.05) is 0 Å². The van der Waals surface area contributed by atoms with Gasteiger partial charge in [-0.15, -0.1) is 21.5 Å². The highest BCUT2D eigenvalue weighted by atomic mass is 32.1. The number of hydrogen-bond acceptors (Lipinski definition) is 7. The minimum Gasteiger partial charge on any atom is -0.423 e. The van der Waals surface area contributed by atoms with Gasteiger partial charge in [-0.25, -0.2) is 0 Å². The first-order valence-corrected chi connectivity index (χ1v) is 7.94. The van der Waals surface area contributed by atoms with Gasteiger partial charge in [-0.2, -0.15) is 4.98 Å². The molecule has 1 N–H and O–H groups in total. The van der Waals surface area contributed by atoms with Gasteiger partial charge in [-0.05, 0) is 6.92 Å². The molecule has 0 radical (unpaired) electrons. The molecule has 0 aliphatic carbocycles. The summed E-state index contributed by atoms with van der Waals surface area (Å²) in [5.41, 5.74) is -0.234. The van der Waals surface area contributed by atoms with E-state index in [4.69, 9.17) is 4.42 Å². The molecule has 1 atom stereocenters. The van der Waals surface area contributed by atoms with Crippen molar-refractivity contribution in [1.82, 2.24) is 24.9 Å². The minimum atomic E-state index is -0.472. The average Bonchev–Trinajstić information content (AvgIpc) is 3.14. The molecular weight excluding hydrogens is 318 g/mol. The topological polar surface area (TPSA) is 102 Å². The summed E-state index contributed by atoms with van der Waals surface area (Å²) >= 11 is 1.29. The van der Waals surface area contributed by atoms with E-state index in [0.717, 1.165) is 0 Å². The molecule has 1 unspecified atom stereocenters. The maximum absolute atomic E-state index is 12.4. The maximum atomic E-state index is 12.4. The summed E-state index contributed by atoms with van der Waals surface area (Å²) in [4.78, 5) is 28.4. The fraction of sp³-hybridized carbons (Fsp3) is 0.357. The van der Waals surface area contributed by atoms with E-state index in [-0.39, 0.29) is 11.6 Å². The first kappa shape index (κ1) is 15.3. The molecule has 3 heterocycles. The Morgan fingerprint density at radius 1 is 1.30 bits per heavy atom. The number of rotatable bonds is 4. The van der Waals surface area contributed by atoms with Gasteiger partial charge in [-0.1, -0.05) is 13.8 Å². The highest BCUT2D eigenvalue weighted by molar-refractivity contribution is 7.15. The molecule has 3 aromatic heterocycles. The monoisotopic (exact) mass is 333 g/mol. The van der Waals surface area contributed by atoms with Gasteiger partial charge < -0.3 is 9.73 Å². The van der Waals surface area contributed by atoms with Gasteiger partial charge in [0.15, 0.2) is 4.96 Å². The van der Waals surface area contributed by atoms with Crippen molar-refractivity contribution in [3.8, 4) is 0 Å². The van der Waals surface area contributed by atoms with Crippen molar-refractivity contribution >= 4 is 22.2 Å². The van der Waals surface area contributed by atoms with Crippen LogP contribution in [-0.2, 0) is 0 Å². The fourth-order valence-electron chi connectivity index (χ4n) is 2.01. The van der Waals surface area contributed by atoms with Crippen LogP contribution in [0.5, 0.6) is 0 Å². The quantitative estimate of drug-likeness (QED) is 0.780. The van der Waals surface area contributed by atoms with E-state index in [1.165, 1.54) is 17.4 Å². The predicted octanol–water partition coefficient (Wildman–Crippen LogP) is 1.75. The van der Waals surface area contributed by atoms with E-state index in [0.29, 0.717) is 16.7 Å². The molecule has 23 heavy (non-hydrogen) atoms. The standard InChI is InChI=1S/C14H15N5O3S/c1-7(2)12-17-18-13(22-12)8(3)15-11(21)9-6-10(20)16-14-19(9)4-5-23-14/h4-8H,1-3H3,(H,15,21). The summed E-state index contributed by atoms with van der Waals surface area (Å²) in [6, 6.07) is 0.731. The lowest BCUT2D eigenvalue weighted by Crippen LogP contribution is -2.29. The maximum Gasteiger partial charge on any atom is 0.274 e. The van der Waals surface area contributed by atoms with Crippen LogP contribution in [0.25, 0.3) is 4.96 Å². The lowest BCUT2D eigenvalue weighted by molar-refractivity contribution is 0.0927. The van der Waals surface area contributed by atoms with Crippen LogP contribution in [0.2, 0.25) is 0 Å². The molecule has 9 heteroatoms. The third kappa shape index (κ3) is 3.00. The molecular formula is C14H15N5O3S. The van der Waals surface area contributed by atoms with Crippen LogP contribution in [0.4, 0.5) is 0 Å². The van der Waals surface area contributed by atoms with Crippen molar-refractivity contribution in [2.24, 2.45) is 0 Å². The smallest absolute Gasteiger partial charge is 0.274 e. The molecule has 3 rings (SSSR count). The normalized spacial score (nSPS) is 12.7. The molecule has 3 aromatic rings. The second-order valence-corrected chi connectivity index (χ2v) is 6.24. The Balaban J connectivity index is 1.85. The first-order chi connectivity index (χ1) is 11.0. The summed E-state index contributed by atoms with van der Waals surface area (Å²) in [6.07, 6.45) is 1.69. The predicted molar refractivity (Wildman–Crippen MR) is 83.6 cm³/mol.